The highest BCUT2D eigenvalue weighted by Crippen LogP contribution is 2.49. The molecule has 4 aromatic rings. The summed E-state index contributed by atoms with van der Waals surface area (Å²) in [7, 11) is 3.00. The molecular weight excluding hydrogens is 505 g/mol. The SMILES string of the molecule is CNC(=O)c1cc2c(Oc3ccc(N(C(=O)C4(C(N)=O)CC4)c4ccc(F)cn4)cc3)ccnc2cc1OC. The van der Waals surface area contributed by atoms with Crippen molar-refractivity contribution in [2.75, 3.05) is 19.1 Å². The molecule has 1 saturated carbocycles. The monoisotopic (exact) mass is 529 g/mol. The zero-order valence-electron chi connectivity index (χ0n) is 21.1. The smallest absolute Gasteiger partial charge is 0.254 e. The van der Waals surface area contributed by atoms with Gasteiger partial charge in [-0.2, -0.15) is 0 Å². The summed E-state index contributed by atoms with van der Waals surface area (Å²) < 4.78 is 25.0. The van der Waals surface area contributed by atoms with Crippen LogP contribution in [0.4, 0.5) is 15.9 Å². The van der Waals surface area contributed by atoms with Crippen LogP contribution in [0.1, 0.15) is 23.2 Å². The summed E-state index contributed by atoms with van der Waals surface area (Å²) in [6.45, 7) is 0. The van der Waals surface area contributed by atoms with E-state index in [0.717, 1.165) is 6.20 Å². The van der Waals surface area contributed by atoms with E-state index in [1.807, 2.05) is 0 Å². The predicted molar refractivity (Wildman–Crippen MR) is 140 cm³/mol. The second kappa shape index (κ2) is 10.0. The highest BCUT2D eigenvalue weighted by atomic mass is 19.1. The predicted octanol–water partition coefficient (Wildman–Crippen LogP) is 3.86. The number of aromatic nitrogens is 2. The van der Waals surface area contributed by atoms with Gasteiger partial charge in [0.1, 0.15) is 34.3 Å². The lowest BCUT2D eigenvalue weighted by Gasteiger charge is -2.25. The number of rotatable bonds is 8. The molecule has 10 nitrogen and oxygen atoms in total. The van der Waals surface area contributed by atoms with Gasteiger partial charge in [-0.3, -0.25) is 24.3 Å². The molecule has 0 saturated heterocycles. The van der Waals surface area contributed by atoms with E-state index in [-0.39, 0.29) is 11.7 Å². The summed E-state index contributed by atoms with van der Waals surface area (Å²) in [6.07, 6.45) is 3.23. The van der Waals surface area contributed by atoms with Crippen molar-refractivity contribution in [1.82, 2.24) is 15.3 Å². The van der Waals surface area contributed by atoms with E-state index in [4.69, 9.17) is 15.2 Å². The van der Waals surface area contributed by atoms with Gasteiger partial charge in [0, 0.05) is 24.7 Å². The molecule has 1 fully saturated rings. The number of carbonyl (C=O) groups is 3. The molecule has 3 N–H and O–H groups in total. The van der Waals surface area contributed by atoms with Crippen molar-refractivity contribution >= 4 is 40.1 Å². The molecular formula is C28H24FN5O5. The van der Waals surface area contributed by atoms with Crippen molar-refractivity contribution < 1.29 is 28.2 Å². The van der Waals surface area contributed by atoms with Crippen molar-refractivity contribution in [2.24, 2.45) is 11.1 Å². The van der Waals surface area contributed by atoms with Crippen LogP contribution in [-0.2, 0) is 9.59 Å². The van der Waals surface area contributed by atoms with Crippen LogP contribution in [-0.4, -0.2) is 41.8 Å². The highest BCUT2D eigenvalue weighted by molar-refractivity contribution is 6.16. The van der Waals surface area contributed by atoms with Crippen LogP contribution in [0.2, 0.25) is 0 Å². The summed E-state index contributed by atoms with van der Waals surface area (Å²) in [5, 5.41) is 3.18. The first-order chi connectivity index (χ1) is 18.8. The molecule has 198 valence electrons. The Morgan fingerprint density at radius 3 is 2.36 bits per heavy atom. The zero-order valence-corrected chi connectivity index (χ0v) is 21.1. The number of benzene rings is 2. The Morgan fingerprint density at radius 2 is 1.77 bits per heavy atom. The molecule has 0 aliphatic heterocycles. The van der Waals surface area contributed by atoms with Crippen molar-refractivity contribution in [3.05, 3.63) is 78.4 Å². The van der Waals surface area contributed by atoms with E-state index in [0.29, 0.717) is 52.2 Å². The molecule has 3 amide bonds. The number of pyridine rings is 2. The zero-order chi connectivity index (χ0) is 27.7. The fourth-order valence-corrected chi connectivity index (χ4v) is 4.27. The molecule has 0 spiro atoms. The van der Waals surface area contributed by atoms with E-state index in [2.05, 4.69) is 15.3 Å². The first-order valence-corrected chi connectivity index (χ1v) is 12.0. The first kappa shape index (κ1) is 25.6. The molecule has 1 aliphatic carbocycles. The topological polar surface area (TPSA) is 137 Å². The molecule has 0 bridgehead atoms. The third-order valence-electron chi connectivity index (χ3n) is 6.59. The maximum atomic E-state index is 13.5. The molecule has 2 aromatic carbocycles. The fourth-order valence-electron chi connectivity index (χ4n) is 4.27. The van der Waals surface area contributed by atoms with Crippen LogP contribution >= 0.6 is 0 Å². The average molecular weight is 530 g/mol. The van der Waals surface area contributed by atoms with Crippen LogP contribution < -0.4 is 25.4 Å². The number of primary amides is 1. The number of nitrogens with zero attached hydrogens (tertiary/aromatic N) is 3. The number of fused-ring (bicyclic) bond motifs is 1. The molecule has 39 heavy (non-hydrogen) atoms. The first-order valence-electron chi connectivity index (χ1n) is 12.0. The van der Waals surface area contributed by atoms with Crippen LogP contribution in [0.5, 0.6) is 17.2 Å². The van der Waals surface area contributed by atoms with Crippen LogP contribution in [0.25, 0.3) is 10.9 Å². The minimum absolute atomic E-state index is 0.151. The molecule has 0 radical (unpaired) electrons. The van der Waals surface area contributed by atoms with E-state index >= 15 is 0 Å². The minimum atomic E-state index is -1.31. The summed E-state index contributed by atoms with van der Waals surface area (Å²) in [6, 6.07) is 14.0. The maximum absolute atomic E-state index is 13.5. The average Bonchev–Trinajstić information content (AvgIpc) is 3.77. The minimum Gasteiger partial charge on any atom is -0.496 e. The highest BCUT2D eigenvalue weighted by Gasteiger charge is 2.57. The summed E-state index contributed by atoms with van der Waals surface area (Å²) in [5.41, 5.74) is 5.51. The number of amides is 3. The van der Waals surface area contributed by atoms with Gasteiger partial charge in [-0.05, 0) is 61.4 Å². The standard InChI is InChI=1S/C28H24FN5O5/c1-31-25(35)20-13-19-21(14-23(20)38-2)32-12-9-22(19)39-18-6-4-17(5-7-18)34(24-8-3-16(29)15-33-24)27(37)28(10-11-28)26(30)36/h3-9,12-15H,10-11H2,1-2H3,(H2,30,36)(H,31,35). The Balaban J connectivity index is 1.49. The van der Waals surface area contributed by atoms with Crippen molar-refractivity contribution in [2.45, 2.75) is 12.8 Å². The van der Waals surface area contributed by atoms with E-state index in [1.165, 1.54) is 31.2 Å². The Kier molecular flexibility index (Phi) is 6.57. The van der Waals surface area contributed by atoms with Gasteiger partial charge in [-0.1, -0.05) is 0 Å². The van der Waals surface area contributed by atoms with Gasteiger partial charge >= 0.3 is 0 Å². The second-order valence-corrected chi connectivity index (χ2v) is 8.98. The van der Waals surface area contributed by atoms with Gasteiger partial charge in [-0.25, -0.2) is 9.37 Å². The number of hydrogen-bond donors (Lipinski definition) is 2. The Hall–Kier alpha value is -5.06. The summed E-state index contributed by atoms with van der Waals surface area (Å²) in [5.74, 6) is -0.726. The van der Waals surface area contributed by atoms with Gasteiger partial charge in [0.2, 0.25) is 11.8 Å². The fraction of sp³-hybridized carbons (Fsp3) is 0.179. The van der Waals surface area contributed by atoms with Gasteiger partial charge in [0.05, 0.1) is 30.1 Å². The third kappa shape index (κ3) is 4.70. The number of ether oxygens (including phenoxy) is 2. The van der Waals surface area contributed by atoms with Gasteiger partial charge < -0.3 is 20.5 Å². The molecule has 0 atom stereocenters. The van der Waals surface area contributed by atoms with Crippen LogP contribution in [0, 0.1) is 11.2 Å². The van der Waals surface area contributed by atoms with Gasteiger partial charge in [0.25, 0.3) is 5.91 Å². The third-order valence-corrected chi connectivity index (χ3v) is 6.59. The molecule has 1 aliphatic rings. The Morgan fingerprint density at radius 1 is 1.03 bits per heavy atom. The lowest BCUT2D eigenvalue weighted by Crippen LogP contribution is -2.41. The number of hydrogen-bond acceptors (Lipinski definition) is 7. The van der Waals surface area contributed by atoms with Crippen molar-refractivity contribution in [3.63, 3.8) is 0 Å². The van der Waals surface area contributed by atoms with E-state index in [9.17, 15) is 18.8 Å². The number of methoxy groups -OCH3 is 1. The number of halogens is 1. The second-order valence-electron chi connectivity index (χ2n) is 8.98. The normalized spacial score (nSPS) is 13.4. The molecule has 0 unspecified atom stereocenters. The number of carbonyl (C=O) groups excluding carboxylic acids is 3. The molecule has 11 heteroatoms. The van der Waals surface area contributed by atoms with Crippen LogP contribution in [0.3, 0.4) is 0 Å². The summed E-state index contributed by atoms with van der Waals surface area (Å²) in [4.78, 5) is 47.5. The van der Waals surface area contributed by atoms with Crippen molar-refractivity contribution in [1.29, 1.82) is 0 Å². The lowest BCUT2D eigenvalue weighted by atomic mass is 10.0. The van der Waals surface area contributed by atoms with Gasteiger partial charge in [-0.15, -0.1) is 0 Å². The van der Waals surface area contributed by atoms with E-state index in [1.54, 1.807) is 48.7 Å². The van der Waals surface area contributed by atoms with Crippen LogP contribution in [0.15, 0.2) is 67.0 Å². The van der Waals surface area contributed by atoms with E-state index < -0.39 is 23.0 Å². The Labute approximate surface area is 222 Å². The Bertz CT molecular complexity index is 1590. The quantitative estimate of drug-likeness (QED) is 0.331. The molecule has 2 heterocycles. The molecule has 5 rings (SSSR count). The largest absolute Gasteiger partial charge is 0.496 e. The maximum Gasteiger partial charge on any atom is 0.254 e. The summed E-state index contributed by atoms with van der Waals surface area (Å²) >= 11 is 0. The van der Waals surface area contributed by atoms with Gasteiger partial charge in [0.15, 0.2) is 0 Å². The number of anilines is 2. The number of nitrogens with two attached hydrogens (primary N) is 1. The van der Waals surface area contributed by atoms with Crippen molar-refractivity contribution in [3.8, 4) is 17.2 Å². The lowest BCUT2D eigenvalue weighted by molar-refractivity contribution is -0.133. The molecule has 2 aromatic heterocycles. The number of nitrogens with one attached hydrogen (secondary N) is 1.